The Balaban J connectivity index is 0.000000442. The van der Waals surface area contributed by atoms with Crippen LogP contribution >= 0.6 is 52.1 Å². The molecule has 0 aliphatic rings. The van der Waals surface area contributed by atoms with E-state index in [9.17, 15) is 0 Å². The predicted octanol–water partition coefficient (Wildman–Crippen LogP) is 5.53. The van der Waals surface area contributed by atoms with E-state index < -0.39 is 67.2 Å². The first-order valence-corrected chi connectivity index (χ1v) is 58.4. The average molecular weight is 1080 g/mol. The SMILES string of the molecule is C[AsH](C)c1ccccc1[AsH](C)C.C[AsH](C)c1ccccc1[AsH](C)C.[Br][Ta]([Br])([Br])[Br]. The molecule has 29 heavy (non-hydrogen) atoms. The summed E-state index contributed by atoms with van der Waals surface area (Å²) in [5, 5.41) is 0. The summed E-state index contributed by atoms with van der Waals surface area (Å²) in [6.07, 6.45) is 0. The van der Waals surface area contributed by atoms with Crippen molar-refractivity contribution in [2.24, 2.45) is 0 Å². The molecule has 0 saturated carbocycles. The van der Waals surface area contributed by atoms with Gasteiger partial charge in [0.1, 0.15) is 0 Å². The van der Waals surface area contributed by atoms with E-state index >= 15 is 0 Å². The Morgan fingerprint density at radius 2 is 0.586 bits per heavy atom. The number of hydrogen-bond donors (Lipinski definition) is 0. The molecular weight excluding hydrogens is 1040 g/mol. The average Bonchev–Trinajstić information content (AvgIpc) is 2.60. The Bertz CT molecular complexity index is 604. The third kappa shape index (κ3) is 15.8. The molecule has 9 heteroatoms. The van der Waals surface area contributed by atoms with Gasteiger partial charge in [0.05, 0.1) is 0 Å². The van der Waals surface area contributed by atoms with Gasteiger partial charge < -0.3 is 0 Å². The van der Waals surface area contributed by atoms with Crippen molar-refractivity contribution in [3.8, 4) is 0 Å². The first-order valence-electron chi connectivity index (χ1n) is 9.33. The second-order valence-electron chi connectivity index (χ2n) is 7.47. The molecule has 0 aromatic heterocycles. The molecule has 0 atom stereocenters. The Morgan fingerprint density at radius 3 is 0.690 bits per heavy atom. The van der Waals surface area contributed by atoms with E-state index in [0.29, 0.717) is 0 Å². The molecule has 0 spiro atoms. The van der Waals surface area contributed by atoms with Crippen molar-refractivity contribution in [2.75, 3.05) is 0 Å². The zero-order valence-electron chi connectivity index (χ0n) is 18.6. The van der Waals surface area contributed by atoms with Crippen molar-refractivity contribution in [3.05, 3.63) is 48.5 Å². The van der Waals surface area contributed by atoms with Gasteiger partial charge in [-0.15, -0.1) is 0 Å². The van der Waals surface area contributed by atoms with Crippen LogP contribution in [0, 0.1) is 0 Å². The standard InChI is InChI=1S/2C10H18As2.4BrH.Ta/c2*1-11(2)9-7-5-6-8-10(9)12(3)4;;;;;/h2*5-8,11-12H,1-4H3;4*1H;/q;;;;;;+4/p-4. The van der Waals surface area contributed by atoms with Gasteiger partial charge in [-0.25, -0.2) is 0 Å². The fourth-order valence-corrected chi connectivity index (χ4v) is 22.4. The predicted molar refractivity (Wildman–Crippen MR) is 163 cm³/mol. The van der Waals surface area contributed by atoms with Crippen LogP contribution in [-0.2, 0) is 8.59 Å². The summed E-state index contributed by atoms with van der Waals surface area (Å²) < 4.78 is 6.94. The first-order chi connectivity index (χ1) is 13.3. The van der Waals surface area contributed by atoms with Gasteiger partial charge in [-0.2, -0.15) is 0 Å². The van der Waals surface area contributed by atoms with Crippen LogP contribution in [0.15, 0.2) is 48.5 Å². The van der Waals surface area contributed by atoms with E-state index in [1.165, 1.54) is 0 Å². The number of hydrogen-bond acceptors (Lipinski definition) is 0. The molecule has 0 aliphatic heterocycles. The molecule has 2 aromatic carbocycles. The minimum absolute atomic E-state index is 0.836. The molecule has 2 aromatic rings. The topological polar surface area (TPSA) is 0 Å². The van der Waals surface area contributed by atoms with Crippen LogP contribution in [-0.4, -0.2) is 58.6 Å². The summed E-state index contributed by atoms with van der Waals surface area (Å²) in [5.41, 5.74) is 19.6. The zero-order chi connectivity index (χ0) is 22.8. The molecule has 169 valence electrons. The Morgan fingerprint density at radius 1 is 0.448 bits per heavy atom. The van der Waals surface area contributed by atoms with E-state index in [2.05, 4.69) is 146 Å². The third-order valence-electron chi connectivity index (χ3n) is 4.01. The van der Waals surface area contributed by atoms with Crippen molar-refractivity contribution < 1.29 is 8.59 Å². The van der Waals surface area contributed by atoms with Crippen molar-refractivity contribution in [1.82, 2.24) is 0 Å². The number of benzene rings is 2. The van der Waals surface area contributed by atoms with E-state index in [1.807, 2.05) is 0 Å². The van der Waals surface area contributed by atoms with E-state index in [4.69, 9.17) is 0 Å². The Labute approximate surface area is 226 Å². The quantitative estimate of drug-likeness (QED) is 0.354. The van der Waals surface area contributed by atoms with Crippen molar-refractivity contribution >= 4 is 128 Å². The second-order valence-corrected chi connectivity index (χ2v) is 113. The van der Waals surface area contributed by atoms with Gasteiger partial charge in [0.15, 0.2) is 0 Å². The molecule has 4 radical (unpaired) electrons. The van der Waals surface area contributed by atoms with Crippen LogP contribution in [0.5, 0.6) is 0 Å². The fourth-order valence-electron chi connectivity index (χ4n) is 2.71. The maximum atomic E-state index is 3.34. The van der Waals surface area contributed by atoms with Crippen LogP contribution in [0.1, 0.15) is 0 Å². The fraction of sp³-hybridized carbons (Fsp3) is 0.400. The molecule has 0 N–H and O–H groups in total. The van der Waals surface area contributed by atoms with Gasteiger partial charge in [-0.3, -0.25) is 0 Å². The first kappa shape index (κ1) is 32.3. The summed E-state index contributed by atoms with van der Waals surface area (Å²) >= 11 is 10.0. The van der Waals surface area contributed by atoms with Crippen LogP contribution in [0.2, 0.25) is 45.7 Å². The summed E-state index contributed by atoms with van der Waals surface area (Å²) in [6, 6.07) is 18.2. The molecular formula is C20H36As4Br4Ta. The van der Waals surface area contributed by atoms with Gasteiger partial charge in [0.2, 0.25) is 0 Å². The van der Waals surface area contributed by atoms with Crippen LogP contribution < -0.4 is 17.4 Å². The van der Waals surface area contributed by atoms with E-state index in [-0.39, 0.29) is 0 Å². The van der Waals surface area contributed by atoms with Gasteiger partial charge in [0, 0.05) is 0 Å². The molecule has 0 bridgehead atoms. The van der Waals surface area contributed by atoms with Crippen molar-refractivity contribution in [3.63, 3.8) is 0 Å². The summed E-state index contributed by atoms with van der Waals surface area (Å²) in [6.45, 7) is 0. The van der Waals surface area contributed by atoms with Crippen molar-refractivity contribution in [2.45, 2.75) is 45.7 Å². The molecule has 0 heterocycles. The molecule has 0 nitrogen and oxygen atoms in total. The molecule has 0 unspecified atom stereocenters. The number of rotatable bonds is 4. The number of halogens is 4. The molecule has 0 amide bonds. The summed E-state index contributed by atoms with van der Waals surface area (Å²) in [5.74, 6) is 0. The van der Waals surface area contributed by atoms with E-state index in [1.54, 1.807) is 17.4 Å². The molecule has 2 rings (SSSR count). The van der Waals surface area contributed by atoms with Gasteiger partial charge >= 0.3 is 231 Å². The monoisotopic (exact) mass is 1070 g/mol. The molecule has 0 aliphatic carbocycles. The van der Waals surface area contributed by atoms with Crippen LogP contribution in [0.25, 0.3) is 0 Å². The Hall–Kier alpha value is 3.33. The minimum atomic E-state index is -1.97. The maximum absolute atomic E-state index is 3.34. The van der Waals surface area contributed by atoms with Crippen LogP contribution in [0.4, 0.5) is 0 Å². The van der Waals surface area contributed by atoms with Gasteiger partial charge in [0.25, 0.3) is 0 Å². The summed E-state index contributed by atoms with van der Waals surface area (Å²) in [7, 11) is -1.97. The zero-order valence-corrected chi connectivity index (χ0v) is 36.5. The van der Waals surface area contributed by atoms with Crippen LogP contribution in [0.3, 0.4) is 0 Å². The second kappa shape index (κ2) is 16.9. The molecule has 0 fully saturated rings. The van der Waals surface area contributed by atoms with E-state index in [0.717, 1.165) is 0 Å². The van der Waals surface area contributed by atoms with Gasteiger partial charge in [-0.05, 0) is 0 Å². The Kier molecular flexibility index (Phi) is 18.8. The summed E-state index contributed by atoms with van der Waals surface area (Å²) in [4.78, 5) is 0. The van der Waals surface area contributed by atoms with Gasteiger partial charge in [-0.1, -0.05) is 0 Å². The third-order valence-corrected chi connectivity index (χ3v) is 18.9. The van der Waals surface area contributed by atoms with Crippen molar-refractivity contribution in [1.29, 1.82) is 0 Å². The molecule has 0 saturated heterocycles. The normalized spacial score (nSPS) is 11.3.